The van der Waals surface area contributed by atoms with Gasteiger partial charge in [-0.3, -0.25) is 57.5 Å². The Kier molecular flexibility index (Phi) is 28.9. The molecule has 4 N–H and O–H groups in total. The van der Waals surface area contributed by atoms with Gasteiger partial charge in [0.1, 0.15) is 41.8 Å². The van der Waals surface area contributed by atoms with E-state index < -0.39 is 186 Å². The van der Waals surface area contributed by atoms with Crippen LogP contribution in [0.15, 0.2) is 0 Å². The minimum Gasteiger partial charge on any atom is -0.351 e. The third-order valence-electron chi connectivity index (χ3n) is 20.1. The minimum absolute atomic E-state index is 0.0111. The van der Waals surface area contributed by atoms with E-state index >= 15 is 9.59 Å². The molecule has 11 amide bonds. The molecule has 30 heteroatoms. The monoisotopic (exact) mass is 1380 g/mol. The van der Waals surface area contributed by atoms with E-state index in [2.05, 4.69) is 26.0 Å². The van der Waals surface area contributed by atoms with Crippen molar-refractivity contribution in [1.29, 1.82) is 0 Å². The molecule has 23 nitrogen and oxygen atoms in total. The summed E-state index contributed by atoms with van der Waals surface area (Å²) in [5, 5.41) is 10.1. The Morgan fingerprint density at radius 3 is 1.83 bits per heavy atom. The van der Waals surface area contributed by atoms with Crippen molar-refractivity contribution in [2.24, 2.45) is 35.5 Å². The number of fused-ring (bicyclic) bond motifs is 1. The van der Waals surface area contributed by atoms with Gasteiger partial charge in [-0.2, -0.15) is 13.2 Å². The SMILES string of the molecule is CC[C@H](C)[C@@H]1NC(=O)[C@H](CC(C)C)N(C)C(=O)C[C@@H](C)NC(=O)[C@H](C(C)C)N(C)C(=O)C2(CCCC2)NC(=O)[C@@H]2CCCN2C(=O)[C@H](CCC2CCC(C(F)(F)F)C(Cl)C2)NC(=O)CN(C)C(=O)[C@H](CC2CCCCC2OC(F)(F)F)N(C)C(=O)CN(C)C(=O)CN(C)C1=O. The standard InChI is InChI=1S/C65H104ClF6N11O12/c1-14-39(6)54-61(93)79(10)35-52(86)77(8)36-53(87)81(12)48(33-42-20-15-16-22-49(42)95-65(70,71)72)60(92)78(9)34-50(84)74-45(26-24-41-23-25-43(44(66)32-41)64(67,68)69)59(91)83-29-19-21-46(83)57(89)76-63(27-17-18-28-63)62(94)82(13)55(38(4)5)58(90)73-40(7)31-51(85)80(11)47(30-37(2)3)56(88)75-54/h37-49,54-55H,14-36H2,1-13H3,(H,73,90)(H,74,84)(H,75,88)(H,76,89)/t39-,40+,41?,42?,43?,44?,45-,46-,47-,48-,49?,54-,55-/m0/s1. The fraction of sp³-hybridized carbons (Fsp3) is 0.831. The van der Waals surface area contributed by atoms with Crippen LogP contribution in [0, 0.1) is 35.5 Å². The number of nitrogens with one attached hydrogen (secondary N) is 4. The summed E-state index contributed by atoms with van der Waals surface area (Å²) in [6, 6.07) is -8.52. The minimum atomic E-state index is -5.06. The largest absolute Gasteiger partial charge is 0.522 e. The topological polar surface area (TPSA) is 268 Å². The first-order chi connectivity index (χ1) is 44.2. The normalized spacial score (nSPS) is 30.5. The van der Waals surface area contributed by atoms with Crippen molar-refractivity contribution >= 4 is 76.6 Å². The number of carbonyl (C=O) groups excluding carboxylic acids is 11. The van der Waals surface area contributed by atoms with Gasteiger partial charge in [0.25, 0.3) is 0 Å². The zero-order chi connectivity index (χ0) is 71.4. The van der Waals surface area contributed by atoms with Crippen molar-refractivity contribution in [2.75, 3.05) is 68.5 Å². The van der Waals surface area contributed by atoms with Crippen molar-refractivity contribution in [1.82, 2.24) is 55.6 Å². The second-order valence-electron chi connectivity index (χ2n) is 28.3. The second kappa shape index (κ2) is 34.5. The number of amides is 11. The first kappa shape index (κ1) is 79.7. The number of halogens is 7. The molecular weight excluding hydrogens is 1280 g/mol. The van der Waals surface area contributed by atoms with Crippen molar-refractivity contribution in [3.05, 3.63) is 0 Å². The van der Waals surface area contributed by atoms with Gasteiger partial charge in [0.05, 0.1) is 31.7 Å². The van der Waals surface area contributed by atoms with E-state index in [0.717, 1.165) is 19.6 Å². The van der Waals surface area contributed by atoms with Crippen LogP contribution in [0.25, 0.3) is 0 Å². The van der Waals surface area contributed by atoms with E-state index in [4.69, 9.17) is 11.6 Å². The zero-order valence-corrected chi connectivity index (χ0v) is 58.4. The van der Waals surface area contributed by atoms with Crippen molar-refractivity contribution in [2.45, 2.75) is 242 Å². The summed E-state index contributed by atoms with van der Waals surface area (Å²) < 4.78 is 88.0. The lowest BCUT2D eigenvalue weighted by Gasteiger charge is -2.39. The number of nitrogens with zero attached hydrogens (tertiary/aromatic N) is 7. The van der Waals surface area contributed by atoms with Crippen LogP contribution in [0.1, 0.15) is 170 Å². The van der Waals surface area contributed by atoms with Crippen LogP contribution < -0.4 is 21.3 Å². The maximum absolute atomic E-state index is 15.1. The number of likely N-dealkylation sites (N-methyl/N-ethyl adjacent to an activating group) is 6. The van der Waals surface area contributed by atoms with Gasteiger partial charge in [0.2, 0.25) is 65.0 Å². The summed E-state index contributed by atoms with van der Waals surface area (Å²) >= 11 is 6.34. The van der Waals surface area contributed by atoms with E-state index in [1.165, 1.54) is 57.0 Å². The molecule has 5 rings (SSSR count). The zero-order valence-electron chi connectivity index (χ0n) is 57.6. The van der Waals surface area contributed by atoms with Gasteiger partial charge >= 0.3 is 12.5 Å². The molecule has 5 fully saturated rings. The molecule has 1 spiro atoms. The maximum atomic E-state index is 15.1. The number of rotatable bonds is 11. The summed E-state index contributed by atoms with van der Waals surface area (Å²) in [6.45, 7) is 10.2. The van der Waals surface area contributed by atoms with Crippen molar-refractivity contribution in [3.63, 3.8) is 0 Å². The smallest absolute Gasteiger partial charge is 0.351 e. The lowest BCUT2D eigenvalue weighted by molar-refractivity contribution is -0.351. The fourth-order valence-electron chi connectivity index (χ4n) is 14.3. The Labute approximate surface area is 560 Å². The quantitative estimate of drug-likeness (QED) is 0.143. The predicted octanol–water partition coefficient (Wildman–Crippen LogP) is 5.74. The number of hydrogen-bond acceptors (Lipinski definition) is 12. The van der Waals surface area contributed by atoms with Crippen LogP contribution in [-0.2, 0) is 57.5 Å². The molecule has 540 valence electrons. The van der Waals surface area contributed by atoms with Gasteiger partial charge in [-0.25, -0.2) is 0 Å². The molecule has 5 unspecified atom stereocenters. The Hall–Kier alpha value is -6.00. The predicted molar refractivity (Wildman–Crippen MR) is 340 cm³/mol. The van der Waals surface area contributed by atoms with Gasteiger partial charge < -0.3 is 55.6 Å². The average Bonchev–Trinajstić information content (AvgIpc) is 1.73. The van der Waals surface area contributed by atoms with Crippen LogP contribution in [0.2, 0.25) is 0 Å². The van der Waals surface area contributed by atoms with E-state index in [9.17, 15) is 69.5 Å². The average molecular weight is 1380 g/mol. The van der Waals surface area contributed by atoms with Gasteiger partial charge in [-0.15, -0.1) is 24.8 Å². The summed E-state index contributed by atoms with van der Waals surface area (Å²) in [7, 11) is 7.89. The number of carbonyl (C=O) groups is 11. The highest BCUT2D eigenvalue weighted by Gasteiger charge is 2.51. The number of ether oxygens (including phenoxy) is 1. The highest BCUT2D eigenvalue weighted by molar-refractivity contribution is 6.20. The molecule has 95 heavy (non-hydrogen) atoms. The lowest BCUT2D eigenvalue weighted by atomic mass is 9.78. The highest BCUT2D eigenvalue weighted by atomic mass is 35.5. The molecule has 3 aliphatic carbocycles. The molecule has 5 aliphatic rings. The van der Waals surface area contributed by atoms with Gasteiger partial charge in [0.15, 0.2) is 0 Å². The van der Waals surface area contributed by atoms with Crippen LogP contribution in [0.4, 0.5) is 26.3 Å². The molecule has 2 aliphatic heterocycles. The first-order valence-corrected chi connectivity index (χ1v) is 34.2. The van der Waals surface area contributed by atoms with Gasteiger partial charge in [0, 0.05) is 66.7 Å². The molecule has 0 radical (unpaired) electrons. The Morgan fingerprint density at radius 2 is 1.24 bits per heavy atom. The summed E-state index contributed by atoms with van der Waals surface area (Å²) in [6.07, 6.45) is -8.70. The summed E-state index contributed by atoms with van der Waals surface area (Å²) in [5.41, 5.74) is -1.54. The molecule has 13 atom stereocenters. The van der Waals surface area contributed by atoms with Crippen molar-refractivity contribution < 1.29 is 83.8 Å². The molecular formula is C65H104ClF6N11O12. The van der Waals surface area contributed by atoms with E-state index in [-0.39, 0.29) is 95.9 Å². The van der Waals surface area contributed by atoms with Gasteiger partial charge in [-0.05, 0) is 120 Å². The first-order valence-electron chi connectivity index (χ1n) is 33.7. The Morgan fingerprint density at radius 1 is 0.632 bits per heavy atom. The van der Waals surface area contributed by atoms with Crippen LogP contribution in [0.3, 0.4) is 0 Å². The Bertz CT molecular complexity index is 2720. The Balaban J connectivity index is 1.56. The van der Waals surface area contributed by atoms with Gasteiger partial charge in [-0.1, -0.05) is 73.6 Å². The molecule has 2 heterocycles. The second-order valence-corrected chi connectivity index (χ2v) is 28.9. The van der Waals surface area contributed by atoms with E-state index in [0.29, 0.717) is 38.5 Å². The third kappa shape index (κ3) is 21.5. The van der Waals surface area contributed by atoms with Crippen molar-refractivity contribution in [3.8, 4) is 0 Å². The number of alkyl halides is 7. The molecule has 0 aromatic rings. The molecule has 0 aromatic carbocycles. The van der Waals surface area contributed by atoms with Crippen LogP contribution in [0.5, 0.6) is 0 Å². The highest BCUT2D eigenvalue weighted by Crippen LogP contribution is 2.44. The third-order valence-corrected chi connectivity index (χ3v) is 20.6. The lowest BCUT2D eigenvalue weighted by Crippen LogP contribution is -2.64. The van der Waals surface area contributed by atoms with Crippen LogP contribution in [-0.4, -0.2) is 240 Å². The number of hydrogen-bond donors (Lipinski definition) is 4. The van der Waals surface area contributed by atoms with E-state index in [1.54, 1.807) is 34.6 Å². The van der Waals surface area contributed by atoms with Crippen LogP contribution >= 0.6 is 11.6 Å². The molecule has 3 saturated carbocycles. The van der Waals surface area contributed by atoms with E-state index in [1.807, 2.05) is 13.8 Å². The summed E-state index contributed by atoms with van der Waals surface area (Å²) in [4.78, 5) is 168. The summed E-state index contributed by atoms with van der Waals surface area (Å²) in [5.74, 6) is -12.3. The maximum Gasteiger partial charge on any atom is 0.522 e. The molecule has 0 bridgehead atoms. The molecule has 0 aromatic heterocycles. The fourth-order valence-corrected chi connectivity index (χ4v) is 14.9. The molecule has 2 saturated heterocycles.